The number of aromatic hydroxyl groups is 1. The molecule has 0 fully saturated rings. The maximum absolute atomic E-state index is 12.6. The molecule has 0 bridgehead atoms. The number of phenolic OH excluding ortho intramolecular Hbond substituents is 1. The van der Waals surface area contributed by atoms with E-state index in [0.29, 0.717) is 34.5 Å². The Morgan fingerprint density at radius 1 is 1.14 bits per heavy atom. The van der Waals surface area contributed by atoms with Gasteiger partial charge in [0.1, 0.15) is 23.3 Å². The van der Waals surface area contributed by atoms with Crippen LogP contribution in [-0.2, 0) is 0 Å². The summed E-state index contributed by atoms with van der Waals surface area (Å²) in [7, 11) is 0. The summed E-state index contributed by atoms with van der Waals surface area (Å²) in [6.45, 7) is 2.66. The van der Waals surface area contributed by atoms with Crippen LogP contribution in [0.4, 0.5) is 0 Å². The van der Waals surface area contributed by atoms with Crippen LogP contribution in [0.1, 0.15) is 13.3 Å². The largest absolute Gasteiger partial charge is 0.508 e. The highest BCUT2D eigenvalue weighted by atomic mass is 16.5. The predicted octanol–water partition coefficient (Wildman–Crippen LogP) is 3.95. The summed E-state index contributed by atoms with van der Waals surface area (Å²) >= 11 is 0. The molecule has 4 nitrogen and oxygen atoms in total. The van der Waals surface area contributed by atoms with E-state index in [4.69, 9.17) is 9.15 Å². The third-order valence-electron chi connectivity index (χ3n) is 3.40. The molecule has 0 aliphatic heterocycles. The number of hydrogen-bond acceptors (Lipinski definition) is 4. The standard InChI is InChI=1S/C18H16O4/c1-2-9-21-14-7-8-15-17(10-14)22-11-16(18(15)20)12-3-5-13(19)6-4-12/h3-8,10-11,19H,2,9H2,1H3. The van der Waals surface area contributed by atoms with Gasteiger partial charge < -0.3 is 14.3 Å². The van der Waals surface area contributed by atoms with Crippen LogP contribution in [0.15, 0.2) is 57.9 Å². The van der Waals surface area contributed by atoms with E-state index in [-0.39, 0.29) is 11.2 Å². The Bertz CT molecular complexity index is 847. The maximum atomic E-state index is 12.6. The lowest BCUT2D eigenvalue weighted by molar-refractivity contribution is 0.317. The van der Waals surface area contributed by atoms with Crippen LogP contribution in [0.3, 0.4) is 0 Å². The monoisotopic (exact) mass is 296 g/mol. The summed E-state index contributed by atoms with van der Waals surface area (Å²) in [5, 5.41) is 9.84. The summed E-state index contributed by atoms with van der Waals surface area (Å²) in [4.78, 5) is 12.6. The van der Waals surface area contributed by atoms with Gasteiger partial charge in [0, 0.05) is 6.07 Å². The van der Waals surface area contributed by atoms with Crippen LogP contribution in [0.2, 0.25) is 0 Å². The van der Waals surface area contributed by atoms with E-state index in [9.17, 15) is 9.90 Å². The first-order valence-corrected chi connectivity index (χ1v) is 7.17. The zero-order chi connectivity index (χ0) is 15.5. The number of benzene rings is 2. The van der Waals surface area contributed by atoms with Gasteiger partial charge in [0.05, 0.1) is 17.6 Å². The minimum atomic E-state index is -0.103. The fourth-order valence-electron chi connectivity index (χ4n) is 2.26. The number of rotatable bonds is 4. The molecule has 112 valence electrons. The lowest BCUT2D eigenvalue weighted by Gasteiger charge is -2.06. The van der Waals surface area contributed by atoms with Gasteiger partial charge in [0.25, 0.3) is 0 Å². The maximum Gasteiger partial charge on any atom is 0.200 e. The van der Waals surface area contributed by atoms with Crippen molar-refractivity contribution in [2.45, 2.75) is 13.3 Å². The molecule has 0 saturated carbocycles. The van der Waals surface area contributed by atoms with Crippen molar-refractivity contribution in [1.82, 2.24) is 0 Å². The van der Waals surface area contributed by atoms with Crippen LogP contribution in [0, 0.1) is 0 Å². The van der Waals surface area contributed by atoms with E-state index in [2.05, 4.69) is 0 Å². The third-order valence-corrected chi connectivity index (χ3v) is 3.40. The second kappa shape index (κ2) is 5.93. The highest BCUT2D eigenvalue weighted by molar-refractivity contribution is 5.82. The second-order valence-corrected chi connectivity index (χ2v) is 5.03. The molecular weight excluding hydrogens is 280 g/mol. The van der Waals surface area contributed by atoms with Crippen molar-refractivity contribution in [2.75, 3.05) is 6.61 Å². The molecule has 1 aromatic heterocycles. The third kappa shape index (κ3) is 2.68. The Labute approximate surface area is 127 Å². The highest BCUT2D eigenvalue weighted by Gasteiger charge is 2.10. The van der Waals surface area contributed by atoms with Crippen LogP contribution in [0.5, 0.6) is 11.5 Å². The fourth-order valence-corrected chi connectivity index (χ4v) is 2.26. The highest BCUT2D eigenvalue weighted by Crippen LogP contribution is 2.24. The van der Waals surface area contributed by atoms with Crippen molar-refractivity contribution < 1.29 is 14.3 Å². The topological polar surface area (TPSA) is 59.7 Å². The van der Waals surface area contributed by atoms with E-state index in [1.54, 1.807) is 42.5 Å². The Kier molecular flexibility index (Phi) is 3.83. The first-order valence-electron chi connectivity index (χ1n) is 7.17. The van der Waals surface area contributed by atoms with Crippen molar-refractivity contribution >= 4 is 11.0 Å². The molecule has 2 aromatic carbocycles. The van der Waals surface area contributed by atoms with Gasteiger partial charge in [-0.3, -0.25) is 4.79 Å². The van der Waals surface area contributed by atoms with Crippen molar-refractivity contribution in [3.05, 3.63) is 59.0 Å². The lowest BCUT2D eigenvalue weighted by atomic mass is 10.1. The first-order chi connectivity index (χ1) is 10.7. The van der Waals surface area contributed by atoms with Gasteiger partial charge in [-0.2, -0.15) is 0 Å². The smallest absolute Gasteiger partial charge is 0.200 e. The molecular formula is C18H16O4. The van der Waals surface area contributed by atoms with E-state index >= 15 is 0 Å². The van der Waals surface area contributed by atoms with Crippen molar-refractivity contribution in [3.63, 3.8) is 0 Å². The van der Waals surface area contributed by atoms with Gasteiger partial charge >= 0.3 is 0 Å². The van der Waals surface area contributed by atoms with E-state index in [0.717, 1.165) is 6.42 Å². The Morgan fingerprint density at radius 2 is 1.91 bits per heavy atom. The zero-order valence-electron chi connectivity index (χ0n) is 12.2. The first kappa shape index (κ1) is 14.2. The van der Waals surface area contributed by atoms with Crippen LogP contribution in [0.25, 0.3) is 22.1 Å². The van der Waals surface area contributed by atoms with Crippen molar-refractivity contribution in [2.24, 2.45) is 0 Å². The Hall–Kier alpha value is -2.75. The molecule has 0 amide bonds. The van der Waals surface area contributed by atoms with Crippen LogP contribution >= 0.6 is 0 Å². The summed E-state index contributed by atoms with van der Waals surface area (Å²) in [5.41, 5.74) is 1.57. The molecule has 0 unspecified atom stereocenters. The van der Waals surface area contributed by atoms with Crippen LogP contribution < -0.4 is 10.2 Å². The van der Waals surface area contributed by atoms with Crippen molar-refractivity contribution in [1.29, 1.82) is 0 Å². The summed E-state index contributed by atoms with van der Waals surface area (Å²) in [6, 6.07) is 11.7. The van der Waals surface area contributed by atoms with Gasteiger partial charge in [0.15, 0.2) is 5.43 Å². The normalized spacial score (nSPS) is 10.8. The van der Waals surface area contributed by atoms with Gasteiger partial charge in [0.2, 0.25) is 0 Å². The molecule has 3 aromatic rings. The Balaban J connectivity index is 2.06. The average molecular weight is 296 g/mol. The molecule has 0 spiro atoms. The molecule has 4 heteroatoms. The molecule has 0 atom stereocenters. The summed E-state index contributed by atoms with van der Waals surface area (Å²) in [6.07, 6.45) is 2.36. The van der Waals surface area contributed by atoms with Crippen molar-refractivity contribution in [3.8, 4) is 22.6 Å². The molecule has 3 rings (SSSR count). The van der Waals surface area contributed by atoms with Gasteiger partial charge in [-0.1, -0.05) is 19.1 Å². The summed E-state index contributed by atoms with van der Waals surface area (Å²) in [5.74, 6) is 0.849. The minimum absolute atomic E-state index is 0.103. The van der Waals surface area contributed by atoms with Gasteiger partial charge in [-0.15, -0.1) is 0 Å². The molecule has 1 heterocycles. The zero-order valence-corrected chi connectivity index (χ0v) is 12.2. The predicted molar refractivity (Wildman–Crippen MR) is 85.4 cm³/mol. The second-order valence-electron chi connectivity index (χ2n) is 5.03. The average Bonchev–Trinajstić information content (AvgIpc) is 2.54. The molecule has 22 heavy (non-hydrogen) atoms. The van der Waals surface area contributed by atoms with Gasteiger partial charge in [-0.05, 0) is 36.2 Å². The number of hydrogen-bond donors (Lipinski definition) is 1. The fraction of sp³-hybridized carbons (Fsp3) is 0.167. The number of ether oxygens (including phenoxy) is 1. The van der Waals surface area contributed by atoms with E-state index < -0.39 is 0 Å². The molecule has 0 saturated heterocycles. The Morgan fingerprint density at radius 3 is 2.64 bits per heavy atom. The molecule has 0 radical (unpaired) electrons. The van der Waals surface area contributed by atoms with Gasteiger partial charge in [-0.25, -0.2) is 0 Å². The minimum Gasteiger partial charge on any atom is -0.508 e. The number of fused-ring (bicyclic) bond motifs is 1. The van der Waals surface area contributed by atoms with Crippen LogP contribution in [-0.4, -0.2) is 11.7 Å². The number of phenols is 1. The molecule has 0 aliphatic carbocycles. The molecule has 0 aliphatic rings. The SMILES string of the molecule is CCCOc1ccc2c(=O)c(-c3ccc(O)cc3)coc2c1. The molecule has 1 N–H and O–H groups in total. The summed E-state index contributed by atoms with van der Waals surface area (Å²) < 4.78 is 11.1. The lowest BCUT2D eigenvalue weighted by Crippen LogP contribution is -2.05. The van der Waals surface area contributed by atoms with E-state index in [1.807, 2.05) is 6.92 Å². The van der Waals surface area contributed by atoms with E-state index in [1.165, 1.54) is 6.26 Å². The quantitative estimate of drug-likeness (QED) is 0.791.